The molecule has 0 bridgehead atoms. The van der Waals surface area contributed by atoms with E-state index in [-0.39, 0.29) is 0 Å². The van der Waals surface area contributed by atoms with E-state index < -0.39 is 0 Å². The summed E-state index contributed by atoms with van der Waals surface area (Å²) in [6.45, 7) is 21.1. The summed E-state index contributed by atoms with van der Waals surface area (Å²) in [6.07, 6.45) is 18.4. The van der Waals surface area contributed by atoms with E-state index in [1.165, 1.54) is 57.8 Å². The van der Waals surface area contributed by atoms with Gasteiger partial charge in [-0.15, -0.1) is 0 Å². The minimum absolute atomic E-state index is 0.380. The van der Waals surface area contributed by atoms with E-state index in [4.69, 9.17) is 0 Å². The van der Waals surface area contributed by atoms with Crippen LogP contribution in [-0.2, 0) is 0 Å². The highest BCUT2D eigenvalue weighted by atomic mass is 14.7. The van der Waals surface area contributed by atoms with Crippen molar-refractivity contribution in [1.82, 2.24) is 0 Å². The summed E-state index contributed by atoms with van der Waals surface area (Å²) in [5.41, 5.74) is 2.61. The largest absolute Gasteiger partial charge is 0.0874 e. The Morgan fingerprint density at radius 2 is 1.47 bits per heavy atom. The maximum atomic E-state index is 2.80. The number of fused-ring (bicyclic) bond motifs is 7. The maximum absolute atomic E-state index is 2.80. The van der Waals surface area contributed by atoms with Crippen molar-refractivity contribution in [3.8, 4) is 0 Å². The summed E-state index contributed by atoms with van der Waals surface area (Å²) in [5.74, 6) is 5.59. The van der Waals surface area contributed by atoms with Crippen molar-refractivity contribution in [3.05, 3.63) is 12.2 Å². The Kier molecular flexibility index (Phi) is 4.61. The summed E-state index contributed by atoms with van der Waals surface area (Å²) < 4.78 is 0. The molecule has 0 amide bonds. The van der Waals surface area contributed by atoms with E-state index in [0.29, 0.717) is 27.1 Å². The van der Waals surface area contributed by atoms with Crippen LogP contribution in [0.25, 0.3) is 0 Å². The highest BCUT2D eigenvalue weighted by molar-refractivity contribution is 5.21. The molecule has 4 saturated carbocycles. The first-order valence-corrected chi connectivity index (χ1v) is 13.6. The summed E-state index contributed by atoms with van der Waals surface area (Å²) in [4.78, 5) is 0. The molecule has 5 rings (SSSR count). The van der Waals surface area contributed by atoms with Gasteiger partial charge in [-0.1, -0.05) is 67.5 Å². The van der Waals surface area contributed by atoms with Crippen molar-refractivity contribution >= 4 is 0 Å². The minimum Gasteiger partial charge on any atom is -0.0874 e. The summed E-state index contributed by atoms with van der Waals surface area (Å²) in [5, 5.41) is 0. The van der Waals surface area contributed by atoms with Gasteiger partial charge in [0.15, 0.2) is 0 Å². The zero-order valence-corrected chi connectivity index (χ0v) is 21.5. The van der Waals surface area contributed by atoms with Gasteiger partial charge in [0, 0.05) is 0 Å². The van der Waals surface area contributed by atoms with Crippen LogP contribution in [0.5, 0.6) is 0 Å². The first-order valence-electron chi connectivity index (χ1n) is 13.6. The van der Waals surface area contributed by atoms with Gasteiger partial charge in [0.25, 0.3) is 0 Å². The molecule has 0 saturated heterocycles. The Bertz CT molecular complexity index is 728. The molecule has 0 radical (unpaired) electrons. The zero-order chi connectivity index (χ0) is 21.7. The molecule has 5 aliphatic carbocycles. The molecular formula is C30H50. The van der Waals surface area contributed by atoms with Crippen LogP contribution >= 0.6 is 0 Å². The van der Waals surface area contributed by atoms with Crippen molar-refractivity contribution in [2.45, 2.75) is 113 Å². The van der Waals surface area contributed by atoms with Crippen LogP contribution in [0.4, 0.5) is 0 Å². The predicted octanol–water partition coefficient (Wildman–Crippen LogP) is 8.91. The maximum Gasteiger partial charge on any atom is -0.0141 e. The van der Waals surface area contributed by atoms with Crippen molar-refractivity contribution < 1.29 is 0 Å². The lowest BCUT2D eigenvalue weighted by atomic mass is 9.33. The van der Waals surface area contributed by atoms with E-state index in [1.54, 1.807) is 0 Å². The van der Waals surface area contributed by atoms with Crippen molar-refractivity contribution in [2.75, 3.05) is 0 Å². The van der Waals surface area contributed by atoms with E-state index in [0.717, 1.165) is 35.5 Å². The second-order valence-corrected chi connectivity index (χ2v) is 14.7. The average molecular weight is 411 g/mol. The van der Waals surface area contributed by atoms with Crippen LogP contribution in [-0.4, -0.2) is 0 Å². The van der Waals surface area contributed by atoms with E-state index in [2.05, 4.69) is 67.5 Å². The number of hydrogen-bond acceptors (Lipinski definition) is 0. The third kappa shape index (κ3) is 2.52. The Balaban J connectivity index is 1.55. The molecule has 0 spiro atoms. The first kappa shape index (κ1) is 21.6. The molecule has 0 heteroatoms. The van der Waals surface area contributed by atoms with Gasteiger partial charge in [0.05, 0.1) is 0 Å². The number of rotatable bonds is 1. The van der Waals surface area contributed by atoms with Gasteiger partial charge >= 0.3 is 0 Å². The van der Waals surface area contributed by atoms with Crippen LogP contribution in [0.15, 0.2) is 12.2 Å². The van der Waals surface area contributed by atoms with Crippen LogP contribution in [0, 0.1) is 62.6 Å². The molecule has 4 fully saturated rings. The second kappa shape index (κ2) is 6.41. The van der Waals surface area contributed by atoms with Crippen LogP contribution in [0.2, 0.25) is 0 Å². The SMILES string of the molecule is CC(C)[C@@H]1CCC2(C)CC[C@]3(C)C(CCC4C5(C)CC=CC(C)(C)[C@@H]5CCC43C)[C@@H]12. The fourth-order valence-corrected chi connectivity index (χ4v) is 11.4. The van der Waals surface area contributed by atoms with Gasteiger partial charge in [-0.2, -0.15) is 0 Å². The summed E-state index contributed by atoms with van der Waals surface area (Å²) in [7, 11) is 0. The zero-order valence-electron chi connectivity index (χ0n) is 21.5. The third-order valence-corrected chi connectivity index (χ3v) is 13.0. The molecule has 0 heterocycles. The second-order valence-electron chi connectivity index (χ2n) is 14.7. The average Bonchev–Trinajstić information content (AvgIpc) is 2.99. The smallest absolute Gasteiger partial charge is 0.0141 e. The fourth-order valence-electron chi connectivity index (χ4n) is 11.4. The molecule has 30 heavy (non-hydrogen) atoms. The van der Waals surface area contributed by atoms with Crippen LogP contribution in [0.3, 0.4) is 0 Å². The molecule has 9 atom stereocenters. The first-order chi connectivity index (χ1) is 13.9. The molecule has 0 nitrogen and oxygen atoms in total. The highest BCUT2D eigenvalue weighted by Crippen LogP contribution is 2.77. The third-order valence-electron chi connectivity index (χ3n) is 13.0. The van der Waals surface area contributed by atoms with Gasteiger partial charge in [0.1, 0.15) is 0 Å². The summed E-state index contributed by atoms with van der Waals surface area (Å²) >= 11 is 0. The molecule has 5 aliphatic rings. The normalized spacial score (nSPS) is 56.8. The van der Waals surface area contributed by atoms with E-state index >= 15 is 0 Å². The fraction of sp³-hybridized carbons (Fsp3) is 0.933. The van der Waals surface area contributed by atoms with Crippen LogP contribution < -0.4 is 0 Å². The number of allylic oxidation sites excluding steroid dienone is 2. The molecule has 0 aliphatic heterocycles. The standard InChI is InChI=1S/C30H50/c1-20(2)21-12-16-27(5)18-19-29(7)22(25(21)27)10-11-24-28(6)15-9-14-26(3,4)23(28)13-17-30(24,29)8/h9,14,20-25H,10-13,15-19H2,1-8H3/t21-,22?,23-,24?,25+,27?,28?,29+,30?/m0/s1. The number of hydrogen-bond donors (Lipinski definition) is 0. The molecule has 0 aromatic rings. The van der Waals surface area contributed by atoms with E-state index in [1.807, 2.05) is 0 Å². The van der Waals surface area contributed by atoms with Crippen molar-refractivity contribution in [1.29, 1.82) is 0 Å². The van der Waals surface area contributed by atoms with Gasteiger partial charge in [0.2, 0.25) is 0 Å². The Labute approximate surface area is 188 Å². The lowest BCUT2D eigenvalue weighted by Crippen LogP contribution is -2.65. The Hall–Kier alpha value is -0.260. The van der Waals surface area contributed by atoms with Crippen molar-refractivity contribution in [3.63, 3.8) is 0 Å². The van der Waals surface area contributed by atoms with Gasteiger partial charge < -0.3 is 0 Å². The molecule has 0 N–H and O–H groups in total. The summed E-state index contributed by atoms with van der Waals surface area (Å²) in [6, 6.07) is 0. The van der Waals surface area contributed by atoms with Gasteiger partial charge in [-0.05, 0) is 120 Å². The lowest BCUT2D eigenvalue weighted by molar-refractivity contribution is -0.226. The lowest BCUT2D eigenvalue weighted by Gasteiger charge is -2.72. The molecule has 0 aromatic carbocycles. The Morgan fingerprint density at radius 1 is 0.733 bits per heavy atom. The molecule has 5 unspecified atom stereocenters. The van der Waals surface area contributed by atoms with Gasteiger partial charge in [-0.25, -0.2) is 0 Å². The van der Waals surface area contributed by atoms with Gasteiger partial charge in [-0.3, -0.25) is 0 Å². The molecule has 0 aromatic heterocycles. The monoisotopic (exact) mass is 410 g/mol. The highest BCUT2D eigenvalue weighted by Gasteiger charge is 2.69. The molecule has 170 valence electrons. The van der Waals surface area contributed by atoms with E-state index in [9.17, 15) is 0 Å². The minimum atomic E-state index is 0.380. The van der Waals surface area contributed by atoms with Crippen LogP contribution in [0.1, 0.15) is 113 Å². The Morgan fingerprint density at radius 3 is 2.17 bits per heavy atom. The van der Waals surface area contributed by atoms with Crippen molar-refractivity contribution in [2.24, 2.45) is 62.6 Å². The predicted molar refractivity (Wildman–Crippen MR) is 129 cm³/mol. The quantitative estimate of drug-likeness (QED) is 0.378. The molecular weight excluding hydrogens is 360 g/mol. The topological polar surface area (TPSA) is 0 Å².